The number of hydrogen-bond acceptors (Lipinski definition) is 6. The van der Waals surface area contributed by atoms with Gasteiger partial charge in [0.25, 0.3) is 0 Å². The molecule has 134 valence electrons. The monoisotopic (exact) mass is 370 g/mol. The molecule has 3 rings (SSSR count). The fourth-order valence-corrected chi connectivity index (χ4v) is 3.66. The fraction of sp³-hybridized carbons (Fsp3) is 0.250. The van der Waals surface area contributed by atoms with E-state index in [-0.39, 0.29) is 29.2 Å². The number of methoxy groups -OCH3 is 1. The van der Waals surface area contributed by atoms with Crippen molar-refractivity contribution in [2.75, 3.05) is 7.11 Å². The van der Waals surface area contributed by atoms with Gasteiger partial charge in [-0.3, -0.25) is 9.59 Å². The van der Waals surface area contributed by atoms with Gasteiger partial charge in [-0.1, -0.05) is 36.0 Å². The molecule has 1 heterocycles. The predicted molar refractivity (Wildman–Crippen MR) is 98.3 cm³/mol. The molecule has 0 N–H and O–H groups in total. The lowest BCUT2D eigenvalue weighted by molar-refractivity contribution is -0.121. The Balaban J connectivity index is 1.53. The van der Waals surface area contributed by atoms with Crippen molar-refractivity contribution in [2.45, 2.75) is 24.7 Å². The molecule has 1 aliphatic rings. The van der Waals surface area contributed by atoms with Crippen LogP contribution in [0.25, 0.3) is 0 Å². The Hall–Kier alpha value is -2.60. The van der Waals surface area contributed by atoms with Crippen molar-refractivity contribution in [3.05, 3.63) is 65.2 Å². The van der Waals surface area contributed by atoms with Crippen molar-refractivity contribution < 1.29 is 23.9 Å². The highest BCUT2D eigenvalue weighted by atomic mass is 32.2. The lowest BCUT2D eigenvalue weighted by Gasteiger charge is -2.09. The van der Waals surface area contributed by atoms with Gasteiger partial charge >= 0.3 is 5.97 Å². The third kappa shape index (κ3) is 4.52. The second kappa shape index (κ2) is 8.19. The highest BCUT2D eigenvalue weighted by Crippen LogP contribution is 2.28. The van der Waals surface area contributed by atoms with Crippen LogP contribution in [0.3, 0.4) is 0 Å². The summed E-state index contributed by atoms with van der Waals surface area (Å²) in [5, 5.41) is -0.330. The first-order valence-corrected chi connectivity index (χ1v) is 9.04. The summed E-state index contributed by atoms with van der Waals surface area (Å²) in [6.45, 7) is 0.167. The van der Waals surface area contributed by atoms with E-state index >= 15 is 0 Å². The third-order valence-corrected chi connectivity index (χ3v) is 5.21. The van der Waals surface area contributed by atoms with Crippen molar-refractivity contribution in [3.63, 3.8) is 0 Å². The minimum atomic E-state index is -0.400. The van der Waals surface area contributed by atoms with E-state index < -0.39 is 5.97 Å². The van der Waals surface area contributed by atoms with Crippen LogP contribution in [-0.4, -0.2) is 29.2 Å². The van der Waals surface area contributed by atoms with Crippen LogP contribution < -0.4 is 4.74 Å². The number of hydrogen-bond donors (Lipinski definition) is 0. The van der Waals surface area contributed by atoms with E-state index in [2.05, 4.69) is 0 Å². The average Bonchev–Trinajstić information content (AvgIpc) is 2.98. The Morgan fingerprint density at radius 2 is 1.69 bits per heavy atom. The van der Waals surface area contributed by atoms with Crippen LogP contribution in [0.15, 0.2) is 48.5 Å². The molecule has 0 saturated carbocycles. The van der Waals surface area contributed by atoms with E-state index in [0.717, 1.165) is 22.9 Å². The number of ketones is 1. The smallest absolute Gasteiger partial charge is 0.338 e. The van der Waals surface area contributed by atoms with Crippen molar-refractivity contribution >= 4 is 28.6 Å². The lowest BCUT2D eigenvalue weighted by atomic mass is 10.0. The van der Waals surface area contributed by atoms with Gasteiger partial charge in [0.2, 0.25) is 0 Å². The van der Waals surface area contributed by atoms with Crippen molar-refractivity contribution in [3.8, 4) is 5.75 Å². The molecular formula is C20H18O5S. The number of thioether (sulfide) groups is 1. The second-order valence-corrected chi connectivity index (χ2v) is 7.21. The first-order valence-electron chi connectivity index (χ1n) is 8.16. The molecule has 1 aliphatic heterocycles. The molecule has 2 aromatic rings. The Morgan fingerprint density at radius 1 is 1.04 bits per heavy atom. The molecule has 0 radical (unpaired) electrons. The molecule has 1 saturated heterocycles. The van der Waals surface area contributed by atoms with Crippen LogP contribution in [-0.2, 0) is 27.4 Å². The molecule has 2 aromatic carbocycles. The molecule has 0 amide bonds. The summed E-state index contributed by atoms with van der Waals surface area (Å²) in [7, 11) is 1.57. The summed E-state index contributed by atoms with van der Waals surface area (Å²) in [4.78, 5) is 35.0. The van der Waals surface area contributed by atoms with E-state index in [1.54, 1.807) is 31.4 Å². The van der Waals surface area contributed by atoms with Crippen LogP contribution in [0, 0.1) is 0 Å². The average molecular weight is 370 g/mol. The standard InChI is InChI=1S/C20H18O5S/c1-24-16-8-6-15(7-9-16)20(23)25-12-14-4-2-13(3-5-14)10-18-17(21)11-19(22)26-18/h2-9,18H,10-12H2,1H3. The van der Waals surface area contributed by atoms with Gasteiger partial charge in [-0.05, 0) is 41.8 Å². The van der Waals surface area contributed by atoms with E-state index in [9.17, 15) is 14.4 Å². The maximum absolute atomic E-state index is 12.0. The first kappa shape index (κ1) is 18.2. The minimum Gasteiger partial charge on any atom is -0.497 e. The molecule has 1 fully saturated rings. The Bertz CT molecular complexity index is 811. The zero-order valence-corrected chi connectivity index (χ0v) is 15.1. The SMILES string of the molecule is COc1ccc(C(=O)OCc2ccc(CC3SC(=O)CC3=O)cc2)cc1. The number of carbonyl (C=O) groups is 3. The Morgan fingerprint density at radius 3 is 2.27 bits per heavy atom. The molecule has 0 spiro atoms. The number of ether oxygens (including phenoxy) is 2. The van der Waals surface area contributed by atoms with E-state index in [1.165, 1.54) is 0 Å². The van der Waals surface area contributed by atoms with Gasteiger partial charge in [0.1, 0.15) is 12.4 Å². The normalized spacial score (nSPS) is 16.6. The van der Waals surface area contributed by atoms with Gasteiger partial charge in [0, 0.05) is 0 Å². The molecular weight excluding hydrogens is 352 g/mol. The van der Waals surface area contributed by atoms with Crippen molar-refractivity contribution in [1.82, 2.24) is 0 Å². The summed E-state index contributed by atoms with van der Waals surface area (Å²) in [5.41, 5.74) is 2.30. The van der Waals surface area contributed by atoms with Crippen molar-refractivity contribution in [1.29, 1.82) is 0 Å². The molecule has 26 heavy (non-hydrogen) atoms. The van der Waals surface area contributed by atoms with Crippen LogP contribution in [0.1, 0.15) is 27.9 Å². The number of carbonyl (C=O) groups excluding carboxylic acids is 3. The van der Waals surface area contributed by atoms with E-state index in [0.29, 0.717) is 17.7 Å². The maximum atomic E-state index is 12.0. The van der Waals surface area contributed by atoms with Crippen molar-refractivity contribution in [2.24, 2.45) is 0 Å². The third-order valence-electron chi connectivity index (χ3n) is 4.09. The van der Waals surface area contributed by atoms with Crippen LogP contribution >= 0.6 is 11.8 Å². The molecule has 5 nitrogen and oxygen atoms in total. The topological polar surface area (TPSA) is 69.7 Å². The molecule has 0 bridgehead atoms. The summed E-state index contributed by atoms with van der Waals surface area (Å²) >= 11 is 1.12. The molecule has 1 unspecified atom stereocenters. The van der Waals surface area contributed by atoms with Gasteiger partial charge in [0.15, 0.2) is 10.9 Å². The Kier molecular flexibility index (Phi) is 5.73. The number of benzene rings is 2. The summed E-state index contributed by atoms with van der Waals surface area (Å²) in [6.07, 6.45) is 0.579. The van der Waals surface area contributed by atoms with Gasteiger partial charge < -0.3 is 9.47 Å². The number of Topliss-reactive ketones (excluding diaryl/α,β-unsaturated/α-hetero) is 1. The molecule has 0 aromatic heterocycles. The van der Waals surface area contributed by atoms with Gasteiger partial charge in [-0.25, -0.2) is 4.79 Å². The highest BCUT2D eigenvalue weighted by molar-refractivity contribution is 8.15. The first-order chi connectivity index (χ1) is 12.5. The molecule has 0 aliphatic carbocycles. The quantitative estimate of drug-likeness (QED) is 0.575. The summed E-state index contributed by atoms with van der Waals surface area (Å²) in [6, 6.07) is 14.2. The summed E-state index contributed by atoms with van der Waals surface area (Å²) in [5.74, 6) is 0.276. The van der Waals surface area contributed by atoms with Crippen LogP contribution in [0.5, 0.6) is 5.75 Å². The molecule has 1 atom stereocenters. The number of esters is 1. The van der Waals surface area contributed by atoms with Gasteiger partial charge in [0.05, 0.1) is 24.3 Å². The zero-order chi connectivity index (χ0) is 18.5. The lowest BCUT2D eigenvalue weighted by Crippen LogP contribution is -2.13. The van der Waals surface area contributed by atoms with E-state index in [4.69, 9.17) is 9.47 Å². The van der Waals surface area contributed by atoms with Crippen LogP contribution in [0.4, 0.5) is 0 Å². The highest BCUT2D eigenvalue weighted by Gasteiger charge is 2.31. The predicted octanol–water partition coefficient (Wildman–Crippen LogP) is 3.20. The second-order valence-electron chi connectivity index (χ2n) is 5.95. The summed E-state index contributed by atoms with van der Waals surface area (Å²) < 4.78 is 10.4. The van der Waals surface area contributed by atoms with Gasteiger partial charge in [-0.2, -0.15) is 0 Å². The minimum absolute atomic E-state index is 0.00232. The largest absolute Gasteiger partial charge is 0.497 e. The Labute approximate surface area is 155 Å². The van der Waals surface area contributed by atoms with Crippen LogP contribution in [0.2, 0.25) is 0 Å². The van der Waals surface area contributed by atoms with Gasteiger partial charge in [-0.15, -0.1) is 0 Å². The fourth-order valence-electron chi connectivity index (χ4n) is 2.62. The van der Waals surface area contributed by atoms with E-state index in [1.807, 2.05) is 24.3 Å². The number of rotatable bonds is 6. The molecule has 6 heteroatoms. The zero-order valence-electron chi connectivity index (χ0n) is 14.3. The maximum Gasteiger partial charge on any atom is 0.338 e.